The molecule has 0 aliphatic rings. The summed E-state index contributed by atoms with van der Waals surface area (Å²) in [7, 11) is 3.25. The van der Waals surface area contributed by atoms with Crippen LogP contribution in [-0.4, -0.2) is 42.7 Å². The summed E-state index contributed by atoms with van der Waals surface area (Å²) in [5, 5.41) is 6.66. The Morgan fingerprint density at radius 1 is 1.41 bits per heavy atom. The first-order valence-electron chi connectivity index (χ1n) is 6.70. The van der Waals surface area contributed by atoms with E-state index < -0.39 is 5.82 Å². The van der Waals surface area contributed by atoms with Crippen LogP contribution < -0.4 is 5.32 Å². The van der Waals surface area contributed by atoms with Crippen molar-refractivity contribution in [2.75, 3.05) is 20.8 Å². The number of rotatable bonds is 6. The molecule has 0 aromatic carbocycles. The van der Waals surface area contributed by atoms with Crippen molar-refractivity contribution >= 4 is 12.2 Å². The van der Waals surface area contributed by atoms with Gasteiger partial charge in [-0.25, -0.2) is 4.39 Å². The highest BCUT2D eigenvalue weighted by Gasteiger charge is 1.99. The number of hydrogen-bond acceptors (Lipinski definition) is 4. The van der Waals surface area contributed by atoms with Crippen molar-refractivity contribution in [1.29, 1.82) is 0 Å². The van der Waals surface area contributed by atoms with Gasteiger partial charge in [0.2, 0.25) is 6.41 Å². The number of nitrogens with zero attached hydrogens (tertiary/aromatic N) is 2. The first kappa shape index (κ1) is 19.7. The number of carbonyl (C=O) groups is 2. The summed E-state index contributed by atoms with van der Waals surface area (Å²) in [5.41, 5.74) is 0.249. The number of hydrogen-bond donors (Lipinski definition) is 1. The van der Waals surface area contributed by atoms with E-state index >= 15 is 0 Å². The quantitative estimate of drug-likeness (QED) is 0.493. The molecule has 7 heteroatoms. The average Bonchev–Trinajstić information content (AvgIpc) is 2.56. The third kappa shape index (κ3) is 9.60. The van der Waals surface area contributed by atoms with E-state index in [-0.39, 0.29) is 11.5 Å². The summed E-state index contributed by atoms with van der Waals surface area (Å²) < 4.78 is 19.0. The summed E-state index contributed by atoms with van der Waals surface area (Å²) >= 11 is 0. The van der Waals surface area contributed by atoms with Gasteiger partial charge in [0.15, 0.2) is 5.78 Å². The minimum atomic E-state index is -0.424. The molecule has 0 unspecified atom stereocenters. The monoisotopic (exact) mass is 311 g/mol. The Morgan fingerprint density at radius 2 is 2.09 bits per heavy atom. The summed E-state index contributed by atoms with van der Waals surface area (Å²) in [5.74, 6) is -0.622. The lowest BCUT2D eigenvalue weighted by atomic mass is 10.3. The Balaban J connectivity index is 0.00000135. The van der Waals surface area contributed by atoms with E-state index in [1.807, 2.05) is 0 Å². The van der Waals surface area contributed by atoms with Gasteiger partial charge in [-0.1, -0.05) is 6.07 Å². The molecule has 1 aromatic heterocycles. The van der Waals surface area contributed by atoms with E-state index in [0.717, 1.165) is 0 Å². The molecule has 0 fully saturated rings. The second-order valence-corrected chi connectivity index (χ2v) is 4.26. The van der Waals surface area contributed by atoms with E-state index in [0.29, 0.717) is 25.9 Å². The molecule has 22 heavy (non-hydrogen) atoms. The zero-order chi connectivity index (χ0) is 16.8. The van der Waals surface area contributed by atoms with Crippen LogP contribution >= 0.6 is 0 Å². The smallest absolute Gasteiger partial charge is 0.207 e. The lowest BCUT2D eigenvalue weighted by Gasteiger charge is -2.03. The fraction of sp³-hybridized carbons (Fsp3) is 0.400. The van der Waals surface area contributed by atoms with Gasteiger partial charge in [-0.2, -0.15) is 5.10 Å². The SMILES string of the molecule is CC(=O)c1cccc(F)ccn(CCCNC=O)n1.COC. The van der Waals surface area contributed by atoms with Crippen LogP contribution in [0.3, 0.4) is 0 Å². The van der Waals surface area contributed by atoms with Crippen molar-refractivity contribution in [1.82, 2.24) is 15.1 Å². The number of methoxy groups -OCH3 is 1. The maximum absolute atomic E-state index is 13.3. The predicted molar refractivity (Wildman–Crippen MR) is 81.4 cm³/mol. The standard InChI is InChI=1S/C13H16FN3O2.C2H6O/c1-11(19)13-5-2-4-12(14)6-9-17(16-13)8-3-7-15-10-18;1-3-2/h2,4-6,9-10H,3,7-8H2,1H3,(H,15,18);1-2H3. The van der Waals surface area contributed by atoms with E-state index in [1.54, 1.807) is 14.2 Å². The minimum Gasteiger partial charge on any atom is -0.388 e. The molecule has 0 bridgehead atoms. The van der Waals surface area contributed by atoms with Crippen LogP contribution in [0.5, 0.6) is 0 Å². The lowest BCUT2D eigenvalue weighted by molar-refractivity contribution is -0.109. The van der Waals surface area contributed by atoms with Crippen LogP contribution in [0.1, 0.15) is 23.8 Å². The molecule has 0 saturated heterocycles. The number of halogens is 1. The fourth-order valence-electron chi connectivity index (χ4n) is 1.36. The number of ketones is 1. The van der Waals surface area contributed by atoms with Crippen molar-refractivity contribution in [3.8, 4) is 0 Å². The molecular weight excluding hydrogens is 289 g/mol. The zero-order valence-corrected chi connectivity index (χ0v) is 13.1. The molecule has 0 atom stereocenters. The molecule has 0 aliphatic heterocycles. The van der Waals surface area contributed by atoms with Gasteiger partial charge in [-0.3, -0.25) is 14.3 Å². The van der Waals surface area contributed by atoms with Gasteiger partial charge in [0, 0.05) is 40.4 Å². The molecule has 1 N–H and O–H groups in total. The van der Waals surface area contributed by atoms with Crippen LogP contribution in [-0.2, 0) is 16.1 Å². The fourth-order valence-corrected chi connectivity index (χ4v) is 1.36. The van der Waals surface area contributed by atoms with Crippen molar-refractivity contribution in [3.63, 3.8) is 0 Å². The largest absolute Gasteiger partial charge is 0.388 e. The molecule has 1 amide bonds. The third-order valence-corrected chi connectivity index (χ3v) is 2.30. The first-order chi connectivity index (χ1) is 10.5. The summed E-state index contributed by atoms with van der Waals surface area (Å²) in [6, 6.07) is 5.43. The Kier molecular flexibility index (Phi) is 11.2. The van der Waals surface area contributed by atoms with Gasteiger partial charge < -0.3 is 10.1 Å². The van der Waals surface area contributed by atoms with E-state index in [9.17, 15) is 14.0 Å². The normalized spacial score (nSPS) is 9.09. The summed E-state index contributed by atoms with van der Waals surface area (Å²) in [6.07, 6.45) is 2.71. The molecule has 1 aromatic rings. The summed E-state index contributed by atoms with van der Waals surface area (Å²) in [6.45, 7) is 2.36. The second-order valence-electron chi connectivity index (χ2n) is 4.26. The van der Waals surface area contributed by atoms with Crippen LogP contribution in [0.4, 0.5) is 4.39 Å². The molecule has 1 rings (SSSR count). The van der Waals surface area contributed by atoms with E-state index in [1.165, 1.54) is 42.1 Å². The molecular formula is C15H22FN3O3. The van der Waals surface area contributed by atoms with Crippen molar-refractivity contribution < 1.29 is 18.7 Å². The Labute approximate surface area is 129 Å². The average molecular weight is 311 g/mol. The predicted octanol–water partition coefficient (Wildman–Crippen LogP) is 1.75. The van der Waals surface area contributed by atoms with Gasteiger partial charge >= 0.3 is 0 Å². The molecule has 0 aliphatic carbocycles. The zero-order valence-electron chi connectivity index (χ0n) is 13.1. The number of aromatic nitrogens is 2. The van der Waals surface area contributed by atoms with Gasteiger partial charge in [0.25, 0.3) is 0 Å². The second kappa shape index (κ2) is 12.5. The van der Waals surface area contributed by atoms with Gasteiger partial charge in [-0.05, 0) is 24.6 Å². The Bertz CT molecular complexity index is 517. The number of carbonyl (C=O) groups excluding carboxylic acids is 2. The number of nitrogens with one attached hydrogen (secondary N) is 1. The maximum atomic E-state index is 13.3. The summed E-state index contributed by atoms with van der Waals surface area (Å²) in [4.78, 5) is 21.5. The number of amides is 1. The highest BCUT2D eigenvalue weighted by molar-refractivity contribution is 5.91. The van der Waals surface area contributed by atoms with Gasteiger partial charge in [0.05, 0.1) is 0 Å². The van der Waals surface area contributed by atoms with Crippen LogP contribution in [0.2, 0.25) is 0 Å². The van der Waals surface area contributed by atoms with Crippen LogP contribution in [0.15, 0.2) is 30.5 Å². The van der Waals surface area contributed by atoms with E-state index in [2.05, 4.69) is 15.2 Å². The van der Waals surface area contributed by atoms with E-state index in [4.69, 9.17) is 0 Å². The van der Waals surface area contributed by atoms with Crippen molar-refractivity contribution in [2.45, 2.75) is 19.9 Å². The van der Waals surface area contributed by atoms with Crippen LogP contribution in [0, 0.1) is 5.82 Å². The van der Waals surface area contributed by atoms with Gasteiger partial charge in [0.1, 0.15) is 11.5 Å². The molecule has 0 radical (unpaired) electrons. The highest BCUT2D eigenvalue weighted by Crippen LogP contribution is 1.97. The minimum absolute atomic E-state index is 0.198. The third-order valence-electron chi connectivity index (χ3n) is 2.30. The molecule has 122 valence electrons. The van der Waals surface area contributed by atoms with Crippen LogP contribution in [0.25, 0.3) is 0 Å². The number of aryl methyl sites for hydroxylation is 1. The Morgan fingerprint density at radius 3 is 2.68 bits per heavy atom. The molecule has 0 spiro atoms. The molecule has 1 heterocycles. The first-order valence-corrected chi connectivity index (χ1v) is 6.70. The molecule has 0 saturated carbocycles. The van der Waals surface area contributed by atoms with Crippen molar-refractivity contribution in [3.05, 3.63) is 42.0 Å². The maximum Gasteiger partial charge on any atom is 0.207 e. The highest BCUT2D eigenvalue weighted by atomic mass is 19.1. The number of Topliss-reactive ketones (excluding diaryl/α,β-unsaturated/α-hetero) is 1. The molecule has 6 nitrogen and oxygen atoms in total. The Hall–Kier alpha value is -2.28. The van der Waals surface area contributed by atoms with Gasteiger partial charge in [-0.15, -0.1) is 0 Å². The topological polar surface area (TPSA) is 73.2 Å². The van der Waals surface area contributed by atoms with Crippen molar-refractivity contribution in [2.24, 2.45) is 0 Å². The lowest BCUT2D eigenvalue weighted by Crippen LogP contribution is -2.15. The number of ether oxygens (including phenoxy) is 1.